The Hall–Kier alpha value is -2.89. The Balaban J connectivity index is 1.68. The van der Waals surface area contributed by atoms with Crippen molar-refractivity contribution >= 4 is 11.9 Å². The van der Waals surface area contributed by atoms with E-state index >= 15 is 0 Å². The van der Waals surface area contributed by atoms with Gasteiger partial charge in [0, 0.05) is 6.07 Å². The lowest BCUT2D eigenvalue weighted by Gasteiger charge is -2.22. The highest BCUT2D eigenvalue weighted by molar-refractivity contribution is 6.07. The van der Waals surface area contributed by atoms with Crippen LogP contribution >= 0.6 is 0 Å². The Bertz CT molecular complexity index is 807. The first-order valence-corrected chi connectivity index (χ1v) is 8.00. The monoisotopic (exact) mass is 342 g/mol. The van der Waals surface area contributed by atoms with Crippen molar-refractivity contribution in [2.75, 3.05) is 13.2 Å². The number of amides is 3. The van der Waals surface area contributed by atoms with Gasteiger partial charge in [0.25, 0.3) is 5.91 Å². The van der Waals surface area contributed by atoms with Gasteiger partial charge in [-0.25, -0.2) is 9.18 Å². The highest BCUT2D eigenvalue weighted by atomic mass is 19.1. The van der Waals surface area contributed by atoms with Gasteiger partial charge in [-0.15, -0.1) is 0 Å². The Morgan fingerprint density at radius 1 is 1.16 bits per heavy atom. The molecule has 130 valence electrons. The summed E-state index contributed by atoms with van der Waals surface area (Å²) in [5, 5.41) is 2.75. The van der Waals surface area contributed by atoms with Gasteiger partial charge in [0.2, 0.25) is 0 Å². The van der Waals surface area contributed by atoms with E-state index in [1.807, 2.05) is 31.2 Å². The number of nitrogens with one attached hydrogen (secondary N) is 1. The van der Waals surface area contributed by atoms with E-state index < -0.39 is 17.4 Å². The number of nitrogens with zero attached hydrogens (tertiary/aromatic N) is 1. The van der Waals surface area contributed by atoms with E-state index in [-0.39, 0.29) is 19.1 Å². The van der Waals surface area contributed by atoms with Crippen molar-refractivity contribution in [3.63, 3.8) is 0 Å². The molecule has 0 aliphatic carbocycles. The molecule has 6 heteroatoms. The maximum Gasteiger partial charge on any atom is 0.325 e. The summed E-state index contributed by atoms with van der Waals surface area (Å²) in [4.78, 5) is 26.1. The fourth-order valence-corrected chi connectivity index (χ4v) is 2.79. The first-order chi connectivity index (χ1) is 11.9. The quantitative estimate of drug-likeness (QED) is 0.850. The summed E-state index contributed by atoms with van der Waals surface area (Å²) in [5.41, 5.74) is 0.707. The molecule has 1 heterocycles. The predicted molar refractivity (Wildman–Crippen MR) is 90.7 cm³/mol. The molecule has 1 N–H and O–H groups in total. The largest absolute Gasteiger partial charge is 0.492 e. The summed E-state index contributed by atoms with van der Waals surface area (Å²) in [6.07, 6.45) is 0. The average Bonchev–Trinajstić information content (AvgIpc) is 2.79. The summed E-state index contributed by atoms with van der Waals surface area (Å²) >= 11 is 0. The molecule has 3 rings (SSSR count). The van der Waals surface area contributed by atoms with Crippen LogP contribution < -0.4 is 10.1 Å². The van der Waals surface area contributed by atoms with Gasteiger partial charge in [0.1, 0.15) is 23.7 Å². The molecule has 3 amide bonds. The number of hydrogen-bond acceptors (Lipinski definition) is 3. The van der Waals surface area contributed by atoms with Gasteiger partial charge in [0.05, 0.1) is 6.54 Å². The SMILES string of the molecule is Cc1ccc([C@@]2(C)NC(=O)N(CCOc3cccc(F)c3)C2=O)cc1. The fraction of sp³-hybridized carbons (Fsp3) is 0.263. The second-order valence-corrected chi connectivity index (χ2v) is 6.18. The van der Waals surface area contributed by atoms with E-state index in [1.165, 1.54) is 18.2 Å². The molecule has 1 atom stereocenters. The average molecular weight is 342 g/mol. The van der Waals surface area contributed by atoms with Crippen molar-refractivity contribution in [3.05, 3.63) is 65.5 Å². The molecule has 0 radical (unpaired) electrons. The normalized spacial score (nSPS) is 19.9. The molecular formula is C19H19FN2O3. The van der Waals surface area contributed by atoms with E-state index in [0.717, 1.165) is 16.0 Å². The minimum Gasteiger partial charge on any atom is -0.492 e. The lowest BCUT2D eigenvalue weighted by molar-refractivity contribution is -0.131. The summed E-state index contributed by atoms with van der Waals surface area (Å²) in [7, 11) is 0. The zero-order valence-corrected chi connectivity index (χ0v) is 14.1. The number of benzene rings is 2. The number of carbonyl (C=O) groups excluding carboxylic acids is 2. The topological polar surface area (TPSA) is 58.6 Å². The van der Waals surface area contributed by atoms with Crippen LogP contribution in [0.2, 0.25) is 0 Å². The number of aryl methyl sites for hydroxylation is 1. The van der Waals surface area contributed by atoms with Crippen LogP contribution in [-0.4, -0.2) is 30.0 Å². The van der Waals surface area contributed by atoms with E-state index in [0.29, 0.717) is 5.75 Å². The standard InChI is InChI=1S/C19H19FN2O3/c1-13-6-8-14(9-7-13)19(2)17(23)22(18(24)21-19)10-11-25-16-5-3-4-15(20)12-16/h3-9,12H,10-11H2,1-2H3,(H,21,24)/t19-/m1/s1. The van der Waals surface area contributed by atoms with Crippen molar-refractivity contribution in [3.8, 4) is 5.75 Å². The molecule has 2 aromatic carbocycles. The first-order valence-electron chi connectivity index (χ1n) is 8.00. The van der Waals surface area contributed by atoms with Crippen molar-refractivity contribution in [2.45, 2.75) is 19.4 Å². The van der Waals surface area contributed by atoms with Gasteiger partial charge in [0.15, 0.2) is 0 Å². The summed E-state index contributed by atoms with van der Waals surface area (Å²) in [6, 6.07) is 12.7. The van der Waals surface area contributed by atoms with Crippen LogP contribution in [0, 0.1) is 12.7 Å². The highest BCUT2D eigenvalue weighted by Gasteiger charge is 2.48. The van der Waals surface area contributed by atoms with Crippen molar-refractivity contribution < 1.29 is 18.7 Å². The van der Waals surface area contributed by atoms with Crippen LogP contribution in [0.5, 0.6) is 5.75 Å². The second kappa shape index (κ2) is 6.55. The molecule has 0 unspecified atom stereocenters. The van der Waals surface area contributed by atoms with Crippen LogP contribution in [0.15, 0.2) is 48.5 Å². The fourth-order valence-electron chi connectivity index (χ4n) is 2.79. The lowest BCUT2D eigenvalue weighted by atomic mass is 9.91. The van der Waals surface area contributed by atoms with Crippen LogP contribution in [0.4, 0.5) is 9.18 Å². The molecule has 0 aromatic heterocycles. The number of halogens is 1. The molecule has 1 aliphatic heterocycles. The maximum atomic E-state index is 13.1. The van der Waals surface area contributed by atoms with E-state index in [4.69, 9.17) is 4.74 Å². The molecule has 0 saturated carbocycles. The molecular weight excluding hydrogens is 323 g/mol. The maximum absolute atomic E-state index is 13.1. The molecule has 0 bridgehead atoms. The third kappa shape index (κ3) is 3.33. The third-order valence-corrected chi connectivity index (χ3v) is 4.28. The predicted octanol–water partition coefficient (Wildman–Crippen LogP) is 2.98. The van der Waals surface area contributed by atoms with Gasteiger partial charge in [-0.05, 0) is 31.5 Å². The number of urea groups is 1. The first kappa shape index (κ1) is 17.0. The Kier molecular flexibility index (Phi) is 4.44. The van der Waals surface area contributed by atoms with E-state index in [9.17, 15) is 14.0 Å². The Labute approximate surface area is 145 Å². The smallest absolute Gasteiger partial charge is 0.325 e. The minimum absolute atomic E-state index is 0.0859. The van der Waals surface area contributed by atoms with Gasteiger partial charge >= 0.3 is 6.03 Å². The van der Waals surface area contributed by atoms with Crippen molar-refractivity contribution in [2.24, 2.45) is 0 Å². The molecule has 25 heavy (non-hydrogen) atoms. The number of hydrogen-bond donors (Lipinski definition) is 1. The zero-order chi connectivity index (χ0) is 18.0. The number of carbonyl (C=O) groups is 2. The van der Waals surface area contributed by atoms with Gasteiger partial charge in [-0.2, -0.15) is 0 Å². The van der Waals surface area contributed by atoms with Crippen molar-refractivity contribution in [1.29, 1.82) is 0 Å². The number of rotatable bonds is 5. The van der Waals surface area contributed by atoms with Crippen LogP contribution in [0.1, 0.15) is 18.1 Å². The summed E-state index contributed by atoms with van der Waals surface area (Å²) < 4.78 is 18.5. The lowest BCUT2D eigenvalue weighted by Crippen LogP contribution is -2.41. The molecule has 2 aromatic rings. The van der Waals surface area contributed by atoms with Crippen LogP contribution in [0.25, 0.3) is 0 Å². The molecule has 0 spiro atoms. The Morgan fingerprint density at radius 3 is 2.56 bits per heavy atom. The number of ether oxygens (including phenoxy) is 1. The second-order valence-electron chi connectivity index (χ2n) is 6.18. The summed E-state index contributed by atoms with van der Waals surface area (Å²) in [6.45, 7) is 3.82. The van der Waals surface area contributed by atoms with Crippen LogP contribution in [0.3, 0.4) is 0 Å². The molecule has 1 aliphatic rings. The van der Waals surface area contributed by atoms with Gasteiger partial charge in [-0.3, -0.25) is 9.69 Å². The zero-order valence-electron chi connectivity index (χ0n) is 14.1. The highest BCUT2D eigenvalue weighted by Crippen LogP contribution is 2.28. The van der Waals surface area contributed by atoms with Crippen LogP contribution in [-0.2, 0) is 10.3 Å². The van der Waals surface area contributed by atoms with Crippen molar-refractivity contribution in [1.82, 2.24) is 10.2 Å². The van der Waals surface area contributed by atoms with Gasteiger partial charge < -0.3 is 10.1 Å². The Morgan fingerprint density at radius 2 is 1.88 bits per heavy atom. The third-order valence-electron chi connectivity index (χ3n) is 4.28. The molecule has 5 nitrogen and oxygen atoms in total. The molecule has 1 saturated heterocycles. The number of imide groups is 1. The van der Waals surface area contributed by atoms with Gasteiger partial charge in [-0.1, -0.05) is 35.9 Å². The van der Waals surface area contributed by atoms with E-state index in [1.54, 1.807) is 13.0 Å². The molecule has 1 fully saturated rings. The summed E-state index contributed by atoms with van der Waals surface area (Å²) in [5.74, 6) is -0.378. The van der Waals surface area contributed by atoms with E-state index in [2.05, 4.69) is 5.32 Å². The minimum atomic E-state index is -1.09.